The van der Waals surface area contributed by atoms with Gasteiger partial charge in [0.25, 0.3) is 0 Å². The molecule has 0 amide bonds. The van der Waals surface area contributed by atoms with Crippen molar-refractivity contribution in [2.45, 2.75) is 0 Å². The largest absolute Gasteiger partial charge is 0.476 e. The molecule has 6 heteroatoms. The first-order valence-corrected chi connectivity index (χ1v) is 5.39. The highest BCUT2D eigenvalue weighted by molar-refractivity contribution is 9.10. The summed E-state index contributed by atoms with van der Waals surface area (Å²) in [5.74, 6) is -0.917. The van der Waals surface area contributed by atoms with Crippen LogP contribution in [0.25, 0.3) is 11.3 Å². The molecular weight excluding hydrogens is 297 g/mol. The van der Waals surface area contributed by atoms with Gasteiger partial charge in [-0.3, -0.25) is 0 Å². The summed E-state index contributed by atoms with van der Waals surface area (Å²) in [7, 11) is 0. The Morgan fingerprint density at radius 1 is 1.50 bits per heavy atom. The molecule has 0 aliphatic heterocycles. The van der Waals surface area contributed by atoms with Crippen molar-refractivity contribution in [3.05, 3.63) is 39.8 Å². The van der Waals surface area contributed by atoms with Gasteiger partial charge in [-0.2, -0.15) is 0 Å². The highest BCUT2D eigenvalue weighted by atomic mass is 79.9. The number of halogens is 2. The number of rotatable bonds is 2. The molecule has 0 aliphatic carbocycles. The quantitative estimate of drug-likeness (QED) is 0.923. The minimum Gasteiger partial charge on any atom is -0.476 e. The molecule has 2 rings (SSSR count). The third kappa shape index (κ3) is 1.96. The fourth-order valence-corrected chi connectivity index (χ4v) is 1.74. The average Bonchev–Trinajstić information content (AvgIpc) is 2.71. The van der Waals surface area contributed by atoms with Crippen molar-refractivity contribution < 1.29 is 14.3 Å². The summed E-state index contributed by atoms with van der Waals surface area (Å²) in [5.41, 5.74) is 0.486. The Bertz CT molecular complexity index is 553. The summed E-state index contributed by atoms with van der Waals surface area (Å²) < 4.78 is 5.72. The van der Waals surface area contributed by atoms with E-state index in [0.29, 0.717) is 15.1 Å². The van der Waals surface area contributed by atoms with E-state index in [1.54, 1.807) is 18.2 Å². The number of oxazole rings is 1. The smallest absolute Gasteiger partial charge is 0.358 e. The Hall–Kier alpha value is -1.33. The Kier molecular flexibility index (Phi) is 2.98. The molecule has 16 heavy (non-hydrogen) atoms. The maximum absolute atomic E-state index is 10.8. The van der Waals surface area contributed by atoms with E-state index < -0.39 is 5.97 Å². The van der Waals surface area contributed by atoms with Crippen molar-refractivity contribution in [1.82, 2.24) is 4.98 Å². The predicted octanol–water partition coefficient (Wildman–Crippen LogP) is 3.46. The van der Waals surface area contributed by atoms with Gasteiger partial charge in [-0.05, 0) is 34.1 Å². The van der Waals surface area contributed by atoms with E-state index in [0.717, 1.165) is 6.39 Å². The summed E-state index contributed by atoms with van der Waals surface area (Å²) in [6.07, 6.45) is 1.10. The number of carbonyl (C=O) groups is 1. The Morgan fingerprint density at radius 3 is 2.88 bits per heavy atom. The lowest BCUT2D eigenvalue weighted by Crippen LogP contribution is -1.98. The van der Waals surface area contributed by atoms with E-state index in [9.17, 15) is 4.79 Å². The van der Waals surface area contributed by atoms with Crippen molar-refractivity contribution in [2.24, 2.45) is 0 Å². The number of carboxylic acids is 1. The normalized spacial score (nSPS) is 10.4. The van der Waals surface area contributed by atoms with Gasteiger partial charge in [0.1, 0.15) is 0 Å². The lowest BCUT2D eigenvalue weighted by molar-refractivity contribution is 0.0691. The third-order valence-corrected chi connectivity index (χ3v) is 3.17. The summed E-state index contributed by atoms with van der Waals surface area (Å²) in [6, 6.07) is 4.99. The number of carboxylic acid groups (broad SMARTS) is 1. The number of aromatic carboxylic acids is 1. The molecule has 1 N–H and O–H groups in total. The number of nitrogens with zero attached hydrogens (tertiary/aromatic N) is 1. The molecule has 1 heterocycles. The van der Waals surface area contributed by atoms with Gasteiger partial charge in [0.2, 0.25) is 0 Å². The standard InChI is InChI=1S/C10H5BrClNO3/c11-6-3-5(1-2-7(6)12)9-8(10(14)15)13-4-16-9/h1-4H,(H,14,15). The van der Waals surface area contributed by atoms with Gasteiger partial charge in [-0.25, -0.2) is 9.78 Å². The van der Waals surface area contributed by atoms with Gasteiger partial charge >= 0.3 is 5.97 Å². The van der Waals surface area contributed by atoms with Crippen LogP contribution in [0.15, 0.2) is 33.5 Å². The summed E-state index contributed by atoms with van der Waals surface area (Å²) in [4.78, 5) is 14.5. The van der Waals surface area contributed by atoms with Crippen LogP contribution in [0.4, 0.5) is 0 Å². The van der Waals surface area contributed by atoms with Gasteiger partial charge in [-0.15, -0.1) is 0 Å². The second kappa shape index (κ2) is 4.27. The van der Waals surface area contributed by atoms with Crippen LogP contribution in [0.3, 0.4) is 0 Å². The predicted molar refractivity (Wildman–Crippen MR) is 61.6 cm³/mol. The van der Waals surface area contributed by atoms with Crippen LogP contribution in [0, 0.1) is 0 Å². The fraction of sp³-hybridized carbons (Fsp3) is 0. The molecule has 0 saturated carbocycles. The molecule has 0 bridgehead atoms. The summed E-state index contributed by atoms with van der Waals surface area (Å²) >= 11 is 9.09. The van der Waals surface area contributed by atoms with Gasteiger partial charge in [0, 0.05) is 10.0 Å². The zero-order valence-corrected chi connectivity index (χ0v) is 10.1. The molecule has 0 fully saturated rings. The molecule has 0 radical (unpaired) electrons. The highest BCUT2D eigenvalue weighted by Gasteiger charge is 2.17. The second-order valence-corrected chi connectivity index (χ2v) is 4.23. The van der Waals surface area contributed by atoms with Crippen LogP contribution in [-0.2, 0) is 0 Å². The topological polar surface area (TPSA) is 63.3 Å². The number of benzene rings is 1. The maximum Gasteiger partial charge on any atom is 0.358 e. The lowest BCUT2D eigenvalue weighted by atomic mass is 10.1. The first-order valence-electron chi connectivity index (χ1n) is 4.22. The van der Waals surface area contributed by atoms with Gasteiger partial charge in [-0.1, -0.05) is 11.6 Å². The molecule has 82 valence electrons. The van der Waals surface area contributed by atoms with Crippen LogP contribution in [0.2, 0.25) is 5.02 Å². The van der Waals surface area contributed by atoms with Crippen molar-refractivity contribution in [3.8, 4) is 11.3 Å². The second-order valence-electron chi connectivity index (χ2n) is 2.96. The van der Waals surface area contributed by atoms with E-state index in [1.165, 1.54) is 0 Å². The third-order valence-electron chi connectivity index (χ3n) is 1.95. The first kappa shape index (κ1) is 11.2. The van der Waals surface area contributed by atoms with Crippen molar-refractivity contribution >= 4 is 33.5 Å². The van der Waals surface area contributed by atoms with E-state index in [1.807, 2.05) is 0 Å². The Balaban J connectivity index is 2.54. The van der Waals surface area contributed by atoms with E-state index in [-0.39, 0.29) is 11.5 Å². The SMILES string of the molecule is O=C(O)c1ncoc1-c1ccc(Cl)c(Br)c1. The Labute approximate surface area is 104 Å². The number of aromatic nitrogens is 1. The average molecular weight is 303 g/mol. The van der Waals surface area contributed by atoms with Crippen molar-refractivity contribution in [2.75, 3.05) is 0 Å². The molecule has 0 saturated heterocycles. The van der Waals surface area contributed by atoms with Gasteiger partial charge in [0.05, 0.1) is 5.02 Å². The minimum atomic E-state index is -1.13. The zero-order valence-electron chi connectivity index (χ0n) is 7.78. The first-order chi connectivity index (χ1) is 7.59. The van der Waals surface area contributed by atoms with Crippen LogP contribution in [-0.4, -0.2) is 16.1 Å². The molecule has 0 unspecified atom stereocenters. The van der Waals surface area contributed by atoms with Crippen LogP contribution < -0.4 is 0 Å². The maximum atomic E-state index is 10.8. The monoisotopic (exact) mass is 301 g/mol. The highest BCUT2D eigenvalue weighted by Crippen LogP contribution is 2.30. The molecule has 0 atom stereocenters. The molecule has 1 aromatic heterocycles. The molecule has 0 aliphatic rings. The molecule has 0 spiro atoms. The number of hydrogen-bond donors (Lipinski definition) is 1. The van der Waals surface area contributed by atoms with Crippen molar-refractivity contribution in [3.63, 3.8) is 0 Å². The van der Waals surface area contributed by atoms with Crippen molar-refractivity contribution in [1.29, 1.82) is 0 Å². The van der Waals surface area contributed by atoms with E-state index in [4.69, 9.17) is 21.1 Å². The summed E-state index contributed by atoms with van der Waals surface area (Å²) in [6.45, 7) is 0. The van der Waals surface area contributed by atoms with E-state index >= 15 is 0 Å². The molecule has 2 aromatic rings. The zero-order chi connectivity index (χ0) is 11.7. The Morgan fingerprint density at radius 2 is 2.25 bits per heavy atom. The minimum absolute atomic E-state index is 0.116. The molecule has 4 nitrogen and oxygen atoms in total. The summed E-state index contributed by atoms with van der Waals surface area (Å²) in [5, 5.41) is 9.42. The molecular formula is C10H5BrClNO3. The van der Waals surface area contributed by atoms with E-state index in [2.05, 4.69) is 20.9 Å². The van der Waals surface area contributed by atoms with Gasteiger partial charge in [0.15, 0.2) is 17.8 Å². The number of hydrogen-bond acceptors (Lipinski definition) is 3. The van der Waals surface area contributed by atoms with Gasteiger partial charge < -0.3 is 9.52 Å². The molecule has 1 aromatic carbocycles. The van der Waals surface area contributed by atoms with Crippen LogP contribution >= 0.6 is 27.5 Å². The van der Waals surface area contributed by atoms with Crippen LogP contribution in [0.1, 0.15) is 10.5 Å². The van der Waals surface area contributed by atoms with Crippen LogP contribution in [0.5, 0.6) is 0 Å². The fourth-order valence-electron chi connectivity index (χ4n) is 1.24. The lowest BCUT2D eigenvalue weighted by Gasteiger charge is -2.00.